The molecule has 0 spiro atoms. The van der Waals surface area contributed by atoms with E-state index in [0.29, 0.717) is 37.8 Å². The van der Waals surface area contributed by atoms with Crippen LogP contribution in [-0.4, -0.2) is 39.0 Å². The van der Waals surface area contributed by atoms with E-state index in [1.165, 1.54) is 4.31 Å². The van der Waals surface area contributed by atoms with E-state index in [-0.39, 0.29) is 4.90 Å². The number of benzene rings is 1. The lowest BCUT2D eigenvalue weighted by molar-refractivity contribution is 0.171. The second-order valence-electron chi connectivity index (χ2n) is 4.71. The van der Waals surface area contributed by atoms with Crippen LogP contribution in [0, 0.1) is 0 Å². The molecule has 1 aliphatic heterocycles. The molecule has 2 rings (SSSR count). The van der Waals surface area contributed by atoms with Crippen LogP contribution in [0.2, 0.25) is 0 Å². The molecule has 0 unspecified atom stereocenters. The van der Waals surface area contributed by atoms with Crippen molar-refractivity contribution in [3.05, 3.63) is 18.2 Å². The molecule has 5 nitrogen and oxygen atoms in total. The van der Waals surface area contributed by atoms with E-state index in [9.17, 15) is 8.42 Å². The third kappa shape index (κ3) is 3.07. The normalized spacial score (nSPS) is 14.6. The van der Waals surface area contributed by atoms with E-state index in [1.54, 1.807) is 18.2 Å². The highest BCUT2D eigenvalue weighted by atomic mass is 32.2. The number of sulfonamides is 1. The van der Waals surface area contributed by atoms with Gasteiger partial charge < -0.3 is 9.47 Å². The zero-order valence-electron chi connectivity index (χ0n) is 12.0. The number of fused-ring (bicyclic) bond motifs is 1. The molecule has 6 heteroatoms. The number of ether oxygens (including phenoxy) is 2. The summed E-state index contributed by atoms with van der Waals surface area (Å²) in [6.07, 6.45) is 1.59. The predicted octanol–water partition coefficient (Wildman–Crippen LogP) is 2.27. The van der Waals surface area contributed by atoms with Crippen LogP contribution in [0.15, 0.2) is 23.1 Å². The zero-order chi connectivity index (χ0) is 14.6. The molecule has 0 atom stereocenters. The summed E-state index contributed by atoms with van der Waals surface area (Å²) in [5, 5.41) is 0. The first-order chi connectivity index (χ1) is 9.59. The highest BCUT2D eigenvalue weighted by molar-refractivity contribution is 7.89. The van der Waals surface area contributed by atoms with E-state index in [2.05, 4.69) is 0 Å². The third-order valence-corrected chi connectivity index (χ3v) is 4.99. The molecule has 0 N–H and O–H groups in total. The van der Waals surface area contributed by atoms with Gasteiger partial charge in [-0.25, -0.2) is 8.42 Å². The SMILES string of the molecule is CCCN(CCC)S(=O)(=O)c1ccc2c(c1)OCCO2. The van der Waals surface area contributed by atoms with Gasteiger partial charge in [0.15, 0.2) is 11.5 Å². The number of rotatable bonds is 6. The number of hydrogen-bond acceptors (Lipinski definition) is 4. The summed E-state index contributed by atoms with van der Waals surface area (Å²) in [6, 6.07) is 4.81. The highest BCUT2D eigenvalue weighted by Crippen LogP contribution is 2.33. The van der Waals surface area contributed by atoms with Crippen molar-refractivity contribution >= 4 is 10.0 Å². The minimum atomic E-state index is -3.46. The third-order valence-electron chi connectivity index (χ3n) is 3.10. The van der Waals surface area contributed by atoms with E-state index in [0.717, 1.165) is 12.8 Å². The summed E-state index contributed by atoms with van der Waals surface area (Å²) in [5.74, 6) is 1.11. The van der Waals surface area contributed by atoms with Crippen LogP contribution in [-0.2, 0) is 10.0 Å². The number of hydrogen-bond donors (Lipinski definition) is 0. The van der Waals surface area contributed by atoms with Crippen molar-refractivity contribution in [1.82, 2.24) is 4.31 Å². The lowest BCUT2D eigenvalue weighted by Gasteiger charge is -2.23. The zero-order valence-corrected chi connectivity index (χ0v) is 12.8. The summed E-state index contributed by atoms with van der Waals surface area (Å²) in [4.78, 5) is 0.267. The molecule has 0 fully saturated rings. The van der Waals surface area contributed by atoms with Gasteiger partial charge in [-0.05, 0) is 25.0 Å². The maximum absolute atomic E-state index is 12.6. The van der Waals surface area contributed by atoms with Gasteiger partial charge in [0.1, 0.15) is 13.2 Å². The minimum Gasteiger partial charge on any atom is -0.486 e. The maximum Gasteiger partial charge on any atom is 0.243 e. The lowest BCUT2D eigenvalue weighted by Crippen LogP contribution is -2.32. The standard InChI is InChI=1S/C14H21NO4S/c1-3-7-15(8-4-2)20(16,17)12-5-6-13-14(11-12)19-10-9-18-13/h5-6,11H,3-4,7-10H2,1-2H3. The summed E-state index contributed by atoms with van der Waals surface area (Å²) >= 11 is 0. The molecule has 0 bridgehead atoms. The molecule has 20 heavy (non-hydrogen) atoms. The Bertz CT molecular complexity index is 550. The van der Waals surface area contributed by atoms with Crippen LogP contribution < -0.4 is 9.47 Å². The van der Waals surface area contributed by atoms with Gasteiger partial charge in [0.2, 0.25) is 10.0 Å². The molecule has 112 valence electrons. The molecule has 1 heterocycles. The van der Waals surface area contributed by atoms with Gasteiger partial charge in [0.05, 0.1) is 4.90 Å². The van der Waals surface area contributed by atoms with Crippen molar-refractivity contribution in [3.63, 3.8) is 0 Å². The molecule has 1 aromatic carbocycles. The Morgan fingerprint density at radius 2 is 1.65 bits per heavy atom. The number of nitrogens with zero attached hydrogens (tertiary/aromatic N) is 1. The molecular weight excluding hydrogens is 278 g/mol. The maximum atomic E-state index is 12.6. The molecule has 0 saturated carbocycles. The fraction of sp³-hybridized carbons (Fsp3) is 0.571. The van der Waals surface area contributed by atoms with E-state index >= 15 is 0 Å². The fourth-order valence-corrected chi connectivity index (χ4v) is 3.82. The molecule has 0 radical (unpaired) electrons. The molecule has 1 aliphatic rings. The Morgan fingerprint density at radius 3 is 2.25 bits per heavy atom. The highest BCUT2D eigenvalue weighted by Gasteiger charge is 2.25. The summed E-state index contributed by atoms with van der Waals surface area (Å²) in [7, 11) is -3.46. The molecule has 0 aliphatic carbocycles. The van der Waals surface area contributed by atoms with Gasteiger partial charge >= 0.3 is 0 Å². The van der Waals surface area contributed by atoms with Crippen molar-refractivity contribution in [3.8, 4) is 11.5 Å². The van der Waals surface area contributed by atoms with E-state index < -0.39 is 10.0 Å². The minimum absolute atomic E-state index is 0.267. The Kier molecular flexibility index (Phi) is 4.88. The lowest BCUT2D eigenvalue weighted by atomic mass is 10.3. The van der Waals surface area contributed by atoms with Crippen LogP contribution in [0.4, 0.5) is 0 Å². The van der Waals surface area contributed by atoms with Crippen molar-refractivity contribution in [2.24, 2.45) is 0 Å². The summed E-state index contributed by atoms with van der Waals surface area (Å²) < 4.78 is 37.6. The average Bonchev–Trinajstić information content (AvgIpc) is 2.46. The molecule has 1 aromatic rings. The Morgan fingerprint density at radius 1 is 1.05 bits per heavy atom. The Hall–Kier alpha value is -1.27. The van der Waals surface area contributed by atoms with Gasteiger partial charge in [0.25, 0.3) is 0 Å². The van der Waals surface area contributed by atoms with Crippen LogP contribution in [0.25, 0.3) is 0 Å². The van der Waals surface area contributed by atoms with E-state index in [1.807, 2.05) is 13.8 Å². The van der Waals surface area contributed by atoms with Gasteiger partial charge in [-0.3, -0.25) is 0 Å². The molecule has 0 aromatic heterocycles. The predicted molar refractivity (Wildman–Crippen MR) is 76.8 cm³/mol. The second-order valence-corrected chi connectivity index (χ2v) is 6.65. The first-order valence-corrected chi connectivity index (χ1v) is 8.43. The average molecular weight is 299 g/mol. The largest absolute Gasteiger partial charge is 0.486 e. The molecule has 0 amide bonds. The summed E-state index contributed by atoms with van der Waals surface area (Å²) in [6.45, 7) is 5.96. The monoisotopic (exact) mass is 299 g/mol. The van der Waals surface area contributed by atoms with Crippen LogP contribution in [0.5, 0.6) is 11.5 Å². The topological polar surface area (TPSA) is 55.8 Å². The van der Waals surface area contributed by atoms with E-state index in [4.69, 9.17) is 9.47 Å². The van der Waals surface area contributed by atoms with Crippen molar-refractivity contribution < 1.29 is 17.9 Å². The van der Waals surface area contributed by atoms with Gasteiger partial charge in [-0.15, -0.1) is 0 Å². The summed E-state index contributed by atoms with van der Waals surface area (Å²) in [5.41, 5.74) is 0. The van der Waals surface area contributed by atoms with Crippen molar-refractivity contribution in [2.75, 3.05) is 26.3 Å². The van der Waals surface area contributed by atoms with Gasteiger partial charge in [-0.1, -0.05) is 13.8 Å². The second kappa shape index (κ2) is 6.45. The van der Waals surface area contributed by atoms with Crippen molar-refractivity contribution in [1.29, 1.82) is 0 Å². The Labute approximate surface area is 120 Å². The van der Waals surface area contributed by atoms with Gasteiger partial charge in [0, 0.05) is 19.2 Å². The first-order valence-electron chi connectivity index (χ1n) is 6.99. The van der Waals surface area contributed by atoms with Gasteiger partial charge in [-0.2, -0.15) is 4.31 Å². The Balaban J connectivity index is 2.32. The van der Waals surface area contributed by atoms with Crippen LogP contribution >= 0.6 is 0 Å². The molecular formula is C14H21NO4S. The van der Waals surface area contributed by atoms with Crippen LogP contribution in [0.1, 0.15) is 26.7 Å². The quantitative estimate of drug-likeness (QED) is 0.808. The van der Waals surface area contributed by atoms with Crippen LogP contribution in [0.3, 0.4) is 0 Å². The first kappa shape index (κ1) is 15.1. The molecule has 0 saturated heterocycles. The smallest absolute Gasteiger partial charge is 0.243 e. The van der Waals surface area contributed by atoms with Crippen molar-refractivity contribution in [2.45, 2.75) is 31.6 Å². The fourth-order valence-electron chi connectivity index (χ4n) is 2.18.